The van der Waals surface area contributed by atoms with E-state index in [4.69, 9.17) is 4.74 Å². The van der Waals surface area contributed by atoms with Crippen molar-refractivity contribution in [3.63, 3.8) is 0 Å². The molecule has 0 aliphatic carbocycles. The summed E-state index contributed by atoms with van der Waals surface area (Å²) >= 11 is 0. The Morgan fingerprint density at radius 3 is 2.42 bits per heavy atom. The van der Waals surface area contributed by atoms with Gasteiger partial charge in [0, 0.05) is 33.2 Å². The van der Waals surface area contributed by atoms with Gasteiger partial charge in [-0.05, 0) is 34.4 Å². The smallest absolute Gasteiger partial charge is 0.410 e. The first-order chi connectivity index (χ1) is 15.6. The van der Waals surface area contributed by atoms with E-state index in [0.717, 1.165) is 4.57 Å². The third-order valence-electron chi connectivity index (χ3n) is 5.32. The van der Waals surface area contributed by atoms with Crippen LogP contribution in [0.2, 0.25) is 0 Å². The van der Waals surface area contributed by atoms with Crippen LogP contribution in [-0.2, 0) is 24.9 Å². The molecule has 2 aromatic heterocycles. The van der Waals surface area contributed by atoms with Gasteiger partial charge in [0.15, 0.2) is 11.2 Å². The van der Waals surface area contributed by atoms with Crippen LogP contribution in [0, 0.1) is 11.8 Å². The number of aryl methyl sites for hydroxylation is 1. The second-order valence-electron chi connectivity index (χ2n) is 8.80. The first-order valence-electron chi connectivity index (χ1n) is 10.8. The molecule has 3 heterocycles. The number of fused-ring (bicyclic) bond motifs is 1. The van der Waals surface area contributed by atoms with Crippen LogP contribution in [0.4, 0.5) is 10.7 Å². The normalized spacial score (nSPS) is 14.2. The van der Waals surface area contributed by atoms with Gasteiger partial charge in [0.25, 0.3) is 5.56 Å². The van der Waals surface area contributed by atoms with Gasteiger partial charge in [-0.2, -0.15) is 4.98 Å². The zero-order valence-corrected chi connectivity index (χ0v) is 19.9. The number of rotatable bonds is 5. The summed E-state index contributed by atoms with van der Waals surface area (Å²) in [5, 5.41) is 0. The van der Waals surface area contributed by atoms with Crippen molar-refractivity contribution in [2.75, 3.05) is 37.6 Å². The van der Waals surface area contributed by atoms with Gasteiger partial charge in [-0.15, -0.1) is 5.92 Å². The second kappa shape index (κ2) is 9.52. The van der Waals surface area contributed by atoms with E-state index < -0.39 is 16.9 Å². The van der Waals surface area contributed by atoms with Crippen molar-refractivity contribution < 1.29 is 9.53 Å². The average molecular weight is 458 g/mol. The number of hydrogen-bond acceptors (Lipinski definition) is 7. The number of hydrogen-bond donors (Lipinski definition) is 0. The third kappa shape index (κ3) is 4.94. The van der Waals surface area contributed by atoms with Crippen LogP contribution in [0.1, 0.15) is 27.7 Å². The van der Waals surface area contributed by atoms with Crippen molar-refractivity contribution in [1.82, 2.24) is 23.6 Å². The van der Waals surface area contributed by atoms with E-state index in [0.29, 0.717) is 43.3 Å². The molecule has 11 nitrogen and oxygen atoms in total. The van der Waals surface area contributed by atoms with E-state index in [9.17, 15) is 14.4 Å². The van der Waals surface area contributed by atoms with E-state index in [1.165, 1.54) is 4.57 Å². The number of piperazine rings is 1. The number of carbonyl (C=O) groups excluding carboxylic acids is 1. The van der Waals surface area contributed by atoms with Gasteiger partial charge in [-0.1, -0.05) is 5.92 Å². The van der Waals surface area contributed by atoms with Gasteiger partial charge in [-0.25, -0.2) is 9.59 Å². The number of aliphatic imine (C=N–C) groups is 1. The molecule has 3 rings (SSSR count). The molecule has 1 saturated heterocycles. The van der Waals surface area contributed by atoms with Crippen LogP contribution in [0.5, 0.6) is 0 Å². The van der Waals surface area contributed by atoms with E-state index in [1.54, 1.807) is 23.4 Å². The fourth-order valence-corrected chi connectivity index (χ4v) is 3.69. The number of anilines is 1. The van der Waals surface area contributed by atoms with Crippen LogP contribution >= 0.6 is 0 Å². The first-order valence-corrected chi connectivity index (χ1v) is 10.8. The highest BCUT2D eigenvalue weighted by atomic mass is 16.6. The highest BCUT2D eigenvalue weighted by molar-refractivity contribution is 5.75. The second-order valence-corrected chi connectivity index (χ2v) is 8.80. The van der Waals surface area contributed by atoms with E-state index >= 15 is 0 Å². The molecule has 33 heavy (non-hydrogen) atoms. The van der Waals surface area contributed by atoms with E-state index in [1.807, 2.05) is 25.7 Å². The van der Waals surface area contributed by atoms with Crippen molar-refractivity contribution >= 4 is 29.9 Å². The molecule has 0 atom stereocenters. The van der Waals surface area contributed by atoms with E-state index in [-0.39, 0.29) is 25.7 Å². The minimum absolute atomic E-state index is 0.138. The third-order valence-corrected chi connectivity index (χ3v) is 5.32. The molecule has 0 saturated carbocycles. The highest BCUT2D eigenvalue weighted by Crippen LogP contribution is 2.21. The lowest BCUT2D eigenvalue weighted by Crippen LogP contribution is -2.50. The Morgan fingerprint density at radius 2 is 1.85 bits per heavy atom. The fourth-order valence-electron chi connectivity index (χ4n) is 3.69. The van der Waals surface area contributed by atoms with Crippen LogP contribution in [0.25, 0.3) is 11.2 Å². The van der Waals surface area contributed by atoms with Crippen molar-refractivity contribution in [1.29, 1.82) is 0 Å². The van der Waals surface area contributed by atoms with Gasteiger partial charge < -0.3 is 14.5 Å². The van der Waals surface area contributed by atoms with Crippen LogP contribution < -0.4 is 16.1 Å². The molecule has 0 unspecified atom stereocenters. The number of amides is 1. The summed E-state index contributed by atoms with van der Waals surface area (Å²) in [4.78, 5) is 50.5. The monoisotopic (exact) mass is 457 g/mol. The lowest BCUT2D eigenvalue weighted by molar-refractivity contribution is 0.0240. The standard InChI is InChI=1S/C22H31N7O4/c1-7-8-10-28-16-17(25(6)20(31)29(18(16)30)11-9-23-5)24-19(28)26-12-14-27(15-13-26)21(32)33-22(2,3)4/h5,9-15H2,1-4,6H3. The number of imidazole rings is 1. The lowest BCUT2D eigenvalue weighted by atomic mass is 10.2. The summed E-state index contributed by atoms with van der Waals surface area (Å²) in [6.45, 7) is 13.2. The average Bonchev–Trinajstić information content (AvgIpc) is 3.15. The quantitative estimate of drug-likeness (QED) is 0.483. The van der Waals surface area contributed by atoms with Crippen molar-refractivity contribution in [3.05, 3.63) is 20.8 Å². The van der Waals surface area contributed by atoms with Crippen LogP contribution in [-0.4, -0.2) is 74.7 Å². The van der Waals surface area contributed by atoms with Crippen molar-refractivity contribution in [2.45, 2.75) is 46.4 Å². The molecule has 1 aliphatic heterocycles. The molecule has 0 aromatic carbocycles. The molecule has 0 bridgehead atoms. The molecule has 11 heteroatoms. The minimum atomic E-state index is -0.563. The molecule has 178 valence electrons. The van der Waals surface area contributed by atoms with Crippen LogP contribution in [0.3, 0.4) is 0 Å². The molecular weight excluding hydrogens is 426 g/mol. The molecule has 0 radical (unpaired) electrons. The van der Waals surface area contributed by atoms with Gasteiger partial charge in [0.05, 0.1) is 19.6 Å². The summed E-state index contributed by atoms with van der Waals surface area (Å²) in [5.74, 6) is 6.39. The van der Waals surface area contributed by atoms with Gasteiger partial charge >= 0.3 is 11.8 Å². The zero-order chi connectivity index (χ0) is 24.3. The molecule has 2 aromatic rings. The van der Waals surface area contributed by atoms with Crippen molar-refractivity contribution in [3.8, 4) is 11.8 Å². The lowest BCUT2D eigenvalue weighted by Gasteiger charge is -2.36. The summed E-state index contributed by atoms with van der Waals surface area (Å²) in [7, 11) is 1.59. The highest BCUT2D eigenvalue weighted by Gasteiger charge is 2.29. The Balaban J connectivity index is 2.00. The molecule has 1 amide bonds. The maximum absolute atomic E-state index is 13.3. The summed E-state index contributed by atoms with van der Waals surface area (Å²) in [5.41, 5.74) is -0.833. The molecule has 0 spiro atoms. The SMILES string of the molecule is C=NCCn1c(=O)c2c(nc(N3CCN(C(=O)OC(C)(C)C)CC3)n2CC#CC)n(C)c1=O. The Labute approximate surface area is 192 Å². The molecule has 0 N–H and O–H groups in total. The minimum Gasteiger partial charge on any atom is -0.444 e. The maximum Gasteiger partial charge on any atom is 0.410 e. The largest absolute Gasteiger partial charge is 0.444 e. The van der Waals surface area contributed by atoms with Gasteiger partial charge in [0.2, 0.25) is 5.95 Å². The predicted molar refractivity (Wildman–Crippen MR) is 127 cm³/mol. The number of aromatic nitrogens is 4. The predicted octanol–water partition coefficient (Wildman–Crippen LogP) is 0.678. The number of ether oxygens (including phenoxy) is 1. The Bertz CT molecular complexity index is 1230. The van der Waals surface area contributed by atoms with E-state index in [2.05, 4.69) is 28.5 Å². The summed E-state index contributed by atoms with van der Waals surface area (Å²) < 4.78 is 9.74. The first kappa shape index (κ1) is 24.1. The molecule has 1 fully saturated rings. The Hall–Kier alpha value is -3.55. The van der Waals surface area contributed by atoms with Crippen LogP contribution in [0.15, 0.2) is 14.6 Å². The van der Waals surface area contributed by atoms with Gasteiger partial charge in [0.1, 0.15) is 5.60 Å². The fraction of sp³-hybridized carbons (Fsp3) is 0.591. The summed E-state index contributed by atoms with van der Waals surface area (Å²) in [6.07, 6.45) is -0.353. The number of nitrogens with zero attached hydrogens (tertiary/aromatic N) is 7. The Morgan fingerprint density at radius 1 is 1.18 bits per heavy atom. The topological polar surface area (TPSA) is 107 Å². The zero-order valence-electron chi connectivity index (χ0n) is 19.9. The molecular formula is C22H31N7O4. The van der Waals surface area contributed by atoms with Crippen molar-refractivity contribution in [2.24, 2.45) is 12.0 Å². The summed E-state index contributed by atoms with van der Waals surface area (Å²) in [6, 6.07) is 0. The maximum atomic E-state index is 13.3. The molecule has 1 aliphatic rings. The number of carbonyl (C=O) groups is 1. The van der Waals surface area contributed by atoms with Gasteiger partial charge in [-0.3, -0.25) is 23.5 Å². The Kier molecular flexibility index (Phi) is 6.95.